The number of morpholine rings is 1. The van der Waals surface area contributed by atoms with Gasteiger partial charge in [-0.15, -0.1) is 0 Å². The lowest BCUT2D eigenvalue weighted by atomic mass is 9.87. The third kappa shape index (κ3) is 6.88. The van der Waals surface area contributed by atoms with Gasteiger partial charge in [-0.25, -0.2) is 0 Å². The van der Waals surface area contributed by atoms with Crippen molar-refractivity contribution < 1.29 is 23.7 Å². The number of carbonyl (C=O) groups is 1. The number of aromatic nitrogens is 1. The average molecular weight is 623 g/mol. The van der Waals surface area contributed by atoms with Gasteiger partial charge in [0, 0.05) is 67.6 Å². The Hall–Kier alpha value is -3.08. The van der Waals surface area contributed by atoms with Crippen molar-refractivity contribution >= 4 is 11.6 Å². The third-order valence-electron chi connectivity index (χ3n) is 10.2. The monoisotopic (exact) mass is 622 g/mol. The number of H-pyrrole nitrogens is 1. The Morgan fingerprint density at radius 2 is 1.73 bits per heavy atom. The van der Waals surface area contributed by atoms with Crippen molar-refractivity contribution in [1.82, 2.24) is 15.2 Å². The fourth-order valence-corrected chi connectivity index (χ4v) is 7.93. The summed E-state index contributed by atoms with van der Waals surface area (Å²) >= 11 is 0. The number of nitrogens with zero attached hydrogens (tertiary/aromatic N) is 2. The molecule has 4 atom stereocenters. The first-order valence-electron chi connectivity index (χ1n) is 16.8. The van der Waals surface area contributed by atoms with Crippen LogP contribution in [0.3, 0.4) is 0 Å². The fourth-order valence-electron chi connectivity index (χ4n) is 7.93. The quantitative estimate of drug-likeness (QED) is 0.400. The number of carbonyl (C=O) groups excluding carboxylic acids is 1. The minimum absolute atomic E-state index is 0.0546. The van der Waals surface area contributed by atoms with Gasteiger partial charge in [-0.3, -0.25) is 14.5 Å². The van der Waals surface area contributed by atoms with Gasteiger partial charge in [-0.2, -0.15) is 0 Å². The molecule has 1 aromatic heterocycles. The number of aromatic amines is 1. The smallest absolute Gasteiger partial charge is 0.256 e. The number of aryl methyl sites for hydroxylation is 1. The van der Waals surface area contributed by atoms with Gasteiger partial charge in [-0.1, -0.05) is 0 Å². The summed E-state index contributed by atoms with van der Waals surface area (Å²) in [4.78, 5) is 34.3. The predicted molar refractivity (Wildman–Crippen MR) is 174 cm³/mol. The van der Waals surface area contributed by atoms with Crippen molar-refractivity contribution in [2.75, 3.05) is 31.6 Å². The summed E-state index contributed by atoms with van der Waals surface area (Å²) in [7, 11) is 1.53. The first kappa shape index (κ1) is 31.9. The number of amides is 1. The highest BCUT2D eigenvalue weighted by Crippen LogP contribution is 2.40. The van der Waals surface area contributed by atoms with E-state index in [1.54, 1.807) is 13.0 Å². The number of pyridine rings is 1. The van der Waals surface area contributed by atoms with Crippen LogP contribution in [0.2, 0.25) is 0 Å². The van der Waals surface area contributed by atoms with Gasteiger partial charge >= 0.3 is 0 Å². The topological polar surface area (TPSA) is 105 Å². The van der Waals surface area contributed by atoms with Crippen molar-refractivity contribution in [1.29, 1.82) is 0 Å². The molecule has 4 heterocycles. The van der Waals surface area contributed by atoms with E-state index in [1.807, 2.05) is 13.0 Å². The summed E-state index contributed by atoms with van der Waals surface area (Å²) in [5.41, 5.74) is 3.33. The second-order valence-corrected chi connectivity index (χ2v) is 13.6. The minimum atomic E-state index is -0.267. The Labute approximate surface area is 266 Å². The van der Waals surface area contributed by atoms with Crippen LogP contribution in [-0.4, -0.2) is 85.1 Å². The van der Waals surface area contributed by atoms with Gasteiger partial charge in [0.2, 0.25) is 0 Å². The summed E-state index contributed by atoms with van der Waals surface area (Å²) in [6, 6.07) is 6.61. The lowest BCUT2D eigenvalue weighted by Crippen LogP contribution is -2.56. The van der Waals surface area contributed by atoms with Gasteiger partial charge in [0.15, 0.2) is 0 Å². The molecular weight excluding hydrogens is 572 g/mol. The molecule has 0 radical (unpaired) electrons. The highest BCUT2D eigenvalue weighted by molar-refractivity contribution is 5.97. The number of fused-ring (bicyclic) bond motifs is 2. The van der Waals surface area contributed by atoms with E-state index in [2.05, 4.69) is 46.9 Å². The molecule has 3 saturated heterocycles. The van der Waals surface area contributed by atoms with E-state index in [1.165, 1.54) is 7.11 Å². The van der Waals surface area contributed by atoms with Crippen LogP contribution in [0.1, 0.15) is 86.5 Å². The predicted octanol–water partition coefficient (Wildman–Crippen LogP) is 4.49. The first-order valence-corrected chi connectivity index (χ1v) is 16.8. The largest absolute Gasteiger partial charge is 0.496 e. The minimum Gasteiger partial charge on any atom is -0.496 e. The Morgan fingerprint density at radius 1 is 1.04 bits per heavy atom. The van der Waals surface area contributed by atoms with Gasteiger partial charge in [0.05, 0.1) is 43.6 Å². The van der Waals surface area contributed by atoms with E-state index >= 15 is 0 Å². The molecule has 2 aromatic rings. The van der Waals surface area contributed by atoms with Crippen LogP contribution in [0.25, 0.3) is 0 Å². The molecule has 10 nitrogen and oxygen atoms in total. The van der Waals surface area contributed by atoms with Crippen LogP contribution < -0.4 is 25.2 Å². The molecule has 2 N–H and O–H groups in total. The van der Waals surface area contributed by atoms with Gasteiger partial charge in [0.1, 0.15) is 17.6 Å². The Balaban J connectivity index is 1.24. The molecule has 1 aromatic carbocycles. The standard InChI is InChI=1S/C35H50N4O6/c1-7-39(25-13-26-8-9-27(14-25)44-26)32-16-29(45-28-11-24(12-28)38-18-21(3)43-22(4)19-38)15-30(23(32)5)34(40)36-17-31-33(42-6)10-20(2)37-35(31)41/h10,15-16,21-22,24-28H,7-9,11-14,17-19H2,1-6H3,(H,36,40)(H,37,41)/t21-,22+,24-,25?,26?,27?,28-. The third-order valence-corrected chi connectivity index (χ3v) is 10.2. The Morgan fingerprint density at radius 3 is 2.38 bits per heavy atom. The van der Waals surface area contributed by atoms with Crippen molar-refractivity contribution in [3.8, 4) is 11.5 Å². The highest BCUT2D eigenvalue weighted by Gasteiger charge is 2.40. The summed E-state index contributed by atoms with van der Waals surface area (Å²) in [5.74, 6) is 0.931. The van der Waals surface area contributed by atoms with E-state index in [0.29, 0.717) is 52.6 Å². The van der Waals surface area contributed by atoms with Crippen molar-refractivity contribution in [2.24, 2.45) is 0 Å². The fraction of sp³-hybridized carbons (Fsp3) is 0.657. The number of nitrogens with one attached hydrogen (secondary N) is 2. The number of hydrogen-bond acceptors (Lipinski definition) is 8. The normalized spacial score (nSPS) is 29.6. The molecular formula is C35H50N4O6. The summed E-state index contributed by atoms with van der Waals surface area (Å²) in [6.07, 6.45) is 7.35. The lowest BCUT2D eigenvalue weighted by Gasteiger charge is -2.47. The number of anilines is 1. The molecule has 10 heteroatoms. The molecule has 246 valence electrons. The van der Waals surface area contributed by atoms with E-state index in [9.17, 15) is 9.59 Å². The number of methoxy groups -OCH3 is 1. The summed E-state index contributed by atoms with van der Waals surface area (Å²) in [6.45, 7) is 13.1. The van der Waals surface area contributed by atoms with Crippen molar-refractivity contribution in [2.45, 2.75) is 122 Å². The average Bonchev–Trinajstić information content (AvgIpc) is 3.31. The number of benzene rings is 1. The van der Waals surface area contributed by atoms with E-state index in [0.717, 1.165) is 69.4 Å². The number of rotatable bonds is 10. The second-order valence-electron chi connectivity index (χ2n) is 13.6. The molecule has 4 fully saturated rings. The number of hydrogen-bond donors (Lipinski definition) is 2. The van der Waals surface area contributed by atoms with Gasteiger partial charge in [0.25, 0.3) is 11.5 Å². The molecule has 0 spiro atoms. The van der Waals surface area contributed by atoms with Gasteiger partial charge < -0.3 is 34.1 Å². The van der Waals surface area contributed by atoms with E-state index in [-0.39, 0.29) is 36.3 Å². The maximum absolute atomic E-state index is 13.8. The first-order chi connectivity index (χ1) is 21.6. The summed E-state index contributed by atoms with van der Waals surface area (Å²) < 4.78 is 24.2. The Kier molecular flexibility index (Phi) is 9.45. The molecule has 6 rings (SSSR count). The molecule has 2 unspecified atom stereocenters. The zero-order valence-electron chi connectivity index (χ0n) is 27.7. The molecule has 1 amide bonds. The SMILES string of the molecule is CCN(c1cc(O[C@H]2C[C@H](N3C[C@@H](C)O[C@@H](C)C3)C2)cc(C(=O)NCc2c(OC)cc(C)[nH]c2=O)c1C)C1CC2CCC(C1)O2. The zero-order chi connectivity index (χ0) is 31.8. The van der Waals surface area contributed by atoms with Crippen LogP contribution in [0.4, 0.5) is 5.69 Å². The summed E-state index contributed by atoms with van der Waals surface area (Å²) in [5, 5.41) is 2.99. The van der Waals surface area contributed by atoms with E-state index in [4.69, 9.17) is 18.9 Å². The van der Waals surface area contributed by atoms with Crippen molar-refractivity contribution in [3.63, 3.8) is 0 Å². The zero-order valence-corrected chi connectivity index (χ0v) is 27.7. The van der Waals surface area contributed by atoms with Crippen LogP contribution in [0.15, 0.2) is 23.0 Å². The number of ether oxygens (including phenoxy) is 4. The molecule has 4 aliphatic rings. The highest BCUT2D eigenvalue weighted by atomic mass is 16.5. The molecule has 1 saturated carbocycles. The van der Waals surface area contributed by atoms with Crippen LogP contribution in [0.5, 0.6) is 11.5 Å². The maximum Gasteiger partial charge on any atom is 0.256 e. The van der Waals surface area contributed by atoms with Gasteiger partial charge in [-0.05, 0) is 78.0 Å². The van der Waals surface area contributed by atoms with E-state index < -0.39 is 0 Å². The molecule has 3 aliphatic heterocycles. The van der Waals surface area contributed by atoms with Crippen LogP contribution >= 0.6 is 0 Å². The Bertz CT molecular complexity index is 1420. The maximum atomic E-state index is 13.8. The molecule has 45 heavy (non-hydrogen) atoms. The van der Waals surface area contributed by atoms with Crippen LogP contribution in [0, 0.1) is 13.8 Å². The van der Waals surface area contributed by atoms with Crippen LogP contribution in [-0.2, 0) is 16.0 Å². The molecule has 1 aliphatic carbocycles. The lowest BCUT2D eigenvalue weighted by molar-refractivity contribution is -0.103. The van der Waals surface area contributed by atoms with Crippen molar-refractivity contribution in [3.05, 3.63) is 50.9 Å². The second kappa shape index (κ2) is 13.3. The molecule has 2 bridgehead atoms.